The molecular formula is C14H13BrF2OS. The predicted molar refractivity (Wildman–Crippen MR) is 76.3 cm³/mol. The average Bonchev–Trinajstić information content (AvgIpc) is 2.87. The van der Waals surface area contributed by atoms with E-state index in [-0.39, 0.29) is 10.0 Å². The van der Waals surface area contributed by atoms with Crippen LogP contribution in [0.5, 0.6) is 0 Å². The Hall–Kier alpha value is -0.780. The maximum absolute atomic E-state index is 13.8. The summed E-state index contributed by atoms with van der Waals surface area (Å²) in [4.78, 5) is 1.21. The van der Waals surface area contributed by atoms with Gasteiger partial charge >= 0.3 is 0 Å². The molecule has 0 aliphatic carbocycles. The number of hydrogen-bond donors (Lipinski definition) is 1. The summed E-state index contributed by atoms with van der Waals surface area (Å²) in [5, 5.41) is 11.9. The Kier molecular flexibility index (Phi) is 5.07. The molecule has 1 nitrogen and oxygen atoms in total. The summed E-state index contributed by atoms with van der Waals surface area (Å²) in [5.74, 6) is -1.42. The summed E-state index contributed by atoms with van der Waals surface area (Å²) in [6, 6.07) is 6.43. The first-order chi connectivity index (χ1) is 9.09. The second-order valence-corrected chi connectivity index (χ2v) is 6.13. The Labute approximate surface area is 123 Å². The summed E-state index contributed by atoms with van der Waals surface area (Å²) in [6.45, 7) is 0. The van der Waals surface area contributed by atoms with Crippen LogP contribution in [0.3, 0.4) is 0 Å². The maximum atomic E-state index is 13.8. The van der Waals surface area contributed by atoms with Crippen LogP contribution >= 0.6 is 27.3 Å². The van der Waals surface area contributed by atoms with Gasteiger partial charge in [-0.25, -0.2) is 8.78 Å². The highest BCUT2D eigenvalue weighted by Crippen LogP contribution is 2.29. The van der Waals surface area contributed by atoms with E-state index < -0.39 is 17.7 Å². The molecule has 0 aliphatic rings. The van der Waals surface area contributed by atoms with Crippen molar-refractivity contribution in [2.24, 2.45) is 0 Å². The molecule has 1 unspecified atom stereocenters. The van der Waals surface area contributed by atoms with Gasteiger partial charge in [-0.05, 0) is 58.8 Å². The first kappa shape index (κ1) is 14.6. The fraction of sp³-hybridized carbons (Fsp3) is 0.286. The van der Waals surface area contributed by atoms with Gasteiger partial charge in [-0.1, -0.05) is 6.07 Å². The molecule has 1 heterocycles. The third kappa shape index (κ3) is 3.61. The minimum Gasteiger partial charge on any atom is -0.388 e. The second kappa shape index (κ2) is 6.59. The van der Waals surface area contributed by atoms with E-state index in [9.17, 15) is 13.9 Å². The first-order valence-corrected chi connectivity index (χ1v) is 7.60. The lowest BCUT2D eigenvalue weighted by Crippen LogP contribution is -2.05. The van der Waals surface area contributed by atoms with E-state index in [2.05, 4.69) is 15.9 Å². The van der Waals surface area contributed by atoms with E-state index in [0.29, 0.717) is 12.8 Å². The van der Waals surface area contributed by atoms with E-state index in [1.165, 1.54) is 10.9 Å². The topological polar surface area (TPSA) is 20.2 Å². The van der Waals surface area contributed by atoms with Crippen LogP contribution in [0.25, 0.3) is 0 Å². The first-order valence-electron chi connectivity index (χ1n) is 5.93. The standard InChI is InChI=1S/C14H13BrF2OS/c15-10-6-7-11(16)13(14(10)17)12(18)5-1-3-9-4-2-8-19-9/h2,4,6-8,12,18H,1,3,5H2. The van der Waals surface area contributed by atoms with E-state index in [1.54, 1.807) is 11.3 Å². The monoisotopic (exact) mass is 346 g/mol. The van der Waals surface area contributed by atoms with Gasteiger partial charge in [0.05, 0.1) is 16.1 Å². The number of halogens is 3. The van der Waals surface area contributed by atoms with Crippen LogP contribution in [0.4, 0.5) is 8.78 Å². The van der Waals surface area contributed by atoms with Crippen molar-refractivity contribution in [1.29, 1.82) is 0 Å². The molecule has 1 N–H and O–H groups in total. The predicted octanol–water partition coefficient (Wildman–Crippen LogP) is 4.85. The molecule has 1 atom stereocenters. The van der Waals surface area contributed by atoms with Crippen molar-refractivity contribution in [3.63, 3.8) is 0 Å². The van der Waals surface area contributed by atoms with Crippen LogP contribution in [0, 0.1) is 11.6 Å². The molecule has 102 valence electrons. The minimum atomic E-state index is -1.11. The van der Waals surface area contributed by atoms with Crippen LogP contribution in [0.2, 0.25) is 0 Å². The van der Waals surface area contributed by atoms with Gasteiger partial charge in [0, 0.05) is 4.88 Å². The van der Waals surface area contributed by atoms with Crippen molar-refractivity contribution in [2.45, 2.75) is 25.4 Å². The van der Waals surface area contributed by atoms with Crippen molar-refractivity contribution in [3.05, 3.63) is 56.2 Å². The number of thiophene rings is 1. The number of aliphatic hydroxyl groups is 1. The SMILES string of the molecule is OC(CCCc1cccs1)c1c(F)ccc(Br)c1F. The van der Waals surface area contributed by atoms with Crippen molar-refractivity contribution in [3.8, 4) is 0 Å². The number of hydrogen-bond acceptors (Lipinski definition) is 2. The fourth-order valence-corrected chi connectivity index (χ4v) is 3.01. The van der Waals surface area contributed by atoms with E-state index in [0.717, 1.165) is 12.5 Å². The van der Waals surface area contributed by atoms with Crippen LogP contribution < -0.4 is 0 Å². The van der Waals surface area contributed by atoms with Crippen molar-refractivity contribution in [1.82, 2.24) is 0 Å². The summed E-state index contributed by atoms with van der Waals surface area (Å²) >= 11 is 4.64. The molecule has 0 amide bonds. The van der Waals surface area contributed by atoms with Gasteiger partial charge in [-0.3, -0.25) is 0 Å². The fourth-order valence-electron chi connectivity index (χ4n) is 1.92. The lowest BCUT2D eigenvalue weighted by molar-refractivity contribution is 0.155. The Morgan fingerprint density at radius 3 is 2.74 bits per heavy atom. The largest absolute Gasteiger partial charge is 0.388 e. The zero-order valence-corrected chi connectivity index (χ0v) is 12.5. The third-order valence-electron chi connectivity index (χ3n) is 2.89. The Bertz CT molecular complexity index is 543. The number of benzene rings is 1. The van der Waals surface area contributed by atoms with Gasteiger partial charge < -0.3 is 5.11 Å². The smallest absolute Gasteiger partial charge is 0.146 e. The number of rotatable bonds is 5. The average molecular weight is 347 g/mol. The van der Waals surface area contributed by atoms with Gasteiger partial charge in [0.2, 0.25) is 0 Å². The molecule has 0 radical (unpaired) electrons. The molecule has 0 bridgehead atoms. The second-order valence-electron chi connectivity index (χ2n) is 4.24. The van der Waals surface area contributed by atoms with Gasteiger partial charge in [-0.2, -0.15) is 0 Å². The summed E-state index contributed by atoms with van der Waals surface area (Å²) in [7, 11) is 0. The van der Waals surface area contributed by atoms with Crippen LogP contribution in [0.15, 0.2) is 34.1 Å². The number of aryl methyl sites for hydroxylation is 1. The van der Waals surface area contributed by atoms with Crippen molar-refractivity contribution in [2.75, 3.05) is 0 Å². The van der Waals surface area contributed by atoms with Crippen LogP contribution in [0.1, 0.15) is 29.4 Å². The van der Waals surface area contributed by atoms with Gasteiger partial charge in [-0.15, -0.1) is 11.3 Å². The molecule has 2 aromatic rings. The van der Waals surface area contributed by atoms with Gasteiger partial charge in [0.15, 0.2) is 0 Å². The highest BCUT2D eigenvalue weighted by molar-refractivity contribution is 9.10. The van der Waals surface area contributed by atoms with E-state index in [1.807, 2.05) is 17.5 Å². The van der Waals surface area contributed by atoms with Crippen molar-refractivity contribution < 1.29 is 13.9 Å². The summed E-state index contributed by atoms with van der Waals surface area (Å²) in [5.41, 5.74) is -0.249. The molecule has 1 aromatic carbocycles. The molecule has 0 saturated carbocycles. The molecule has 2 rings (SSSR count). The van der Waals surface area contributed by atoms with Crippen LogP contribution in [-0.4, -0.2) is 5.11 Å². The lowest BCUT2D eigenvalue weighted by Gasteiger charge is -2.13. The molecule has 0 aliphatic heterocycles. The molecule has 19 heavy (non-hydrogen) atoms. The molecule has 0 saturated heterocycles. The highest BCUT2D eigenvalue weighted by atomic mass is 79.9. The highest BCUT2D eigenvalue weighted by Gasteiger charge is 2.19. The Morgan fingerprint density at radius 1 is 1.26 bits per heavy atom. The van der Waals surface area contributed by atoms with Gasteiger partial charge in [0.1, 0.15) is 11.6 Å². The zero-order valence-electron chi connectivity index (χ0n) is 10.1. The normalized spacial score (nSPS) is 12.6. The Morgan fingerprint density at radius 2 is 2.05 bits per heavy atom. The third-order valence-corrected chi connectivity index (χ3v) is 4.44. The molecule has 0 fully saturated rings. The van der Waals surface area contributed by atoms with E-state index >= 15 is 0 Å². The minimum absolute atomic E-state index is 0.168. The zero-order chi connectivity index (χ0) is 13.8. The summed E-state index contributed by atoms with van der Waals surface area (Å²) < 4.78 is 27.5. The molecule has 5 heteroatoms. The molecular weight excluding hydrogens is 334 g/mol. The van der Waals surface area contributed by atoms with Gasteiger partial charge in [0.25, 0.3) is 0 Å². The Balaban J connectivity index is 2.00. The van der Waals surface area contributed by atoms with Crippen LogP contribution in [-0.2, 0) is 6.42 Å². The molecule has 0 spiro atoms. The number of aliphatic hydroxyl groups excluding tert-OH is 1. The quantitative estimate of drug-likeness (QED) is 0.767. The lowest BCUT2D eigenvalue weighted by atomic mass is 10.0. The molecule has 1 aromatic heterocycles. The maximum Gasteiger partial charge on any atom is 0.146 e. The summed E-state index contributed by atoms with van der Waals surface area (Å²) in [6.07, 6.45) is 0.721. The van der Waals surface area contributed by atoms with Crippen molar-refractivity contribution >= 4 is 27.3 Å². The van der Waals surface area contributed by atoms with E-state index in [4.69, 9.17) is 0 Å².